The lowest BCUT2D eigenvalue weighted by Gasteiger charge is -2.08. The van der Waals surface area contributed by atoms with Crippen molar-refractivity contribution in [2.75, 3.05) is 13.7 Å². The lowest BCUT2D eigenvalue weighted by molar-refractivity contribution is 0.0921. The molecule has 20 heavy (non-hydrogen) atoms. The summed E-state index contributed by atoms with van der Waals surface area (Å²) in [5, 5.41) is 0. The molecule has 2 aromatic rings. The Labute approximate surface area is 134 Å². The third-order valence-corrected chi connectivity index (χ3v) is 3.78. The van der Waals surface area contributed by atoms with Crippen LogP contribution in [0.2, 0.25) is 0 Å². The van der Waals surface area contributed by atoms with Gasteiger partial charge in [0.15, 0.2) is 12.4 Å². The Balaban J connectivity index is 2.00. The number of halogens is 2. The van der Waals surface area contributed by atoms with E-state index in [1.165, 1.54) is 0 Å². The highest BCUT2D eigenvalue weighted by Gasteiger charge is 2.09. The minimum absolute atomic E-state index is 0.00738. The zero-order valence-corrected chi connectivity index (χ0v) is 13.9. The molecule has 0 heterocycles. The van der Waals surface area contributed by atoms with E-state index >= 15 is 0 Å². The Morgan fingerprint density at radius 2 is 1.80 bits per heavy atom. The predicted molar refractivity (Wildman–Crippen MR) is 84.7 cm³/mol. The molecule has 0 unspecified atom stereocenters. The van der Waals surface area contributed by atoms with Gasteiger partial charge in [-0.2, -0.15) is 0 Å². The Morgan fingerprint density at radius 1 is 1.10 bits per heavy atom. The molecule has 0 aliphatic heterocycles. The minimum Gasteiger partial charge on any atom is -0.497 e. The van der Waals surface area contributed by atoms with E-state index in [0.29, 0.717) is 11.3 Å². The molecule has 0 amide bonds. The second-order valence-corrected chi connectivity index (χ2v) is 5.79. The van der Waals surface area contributed by atoms with Crippen LogP contribution in [0.25, 0.3) is 0 Å². The van der Waals surface area contributed by atoms with Crippen LogP contribution >= 0.6 is 31.9 Å². The molecule has 0 fully saturated rings. The van der Waals surface area contributed by atoms with Gasteiger partial charge in [-0.05, 0) is 58.4 Å². The number of hydrogen-bond donors (Lipinski definition) is 0. The Hall–Kier alpha value is -1.33. The molecular weight excluding hydrogens is 388 g/mol. The van der Waals surface area contributed by atoms with Gasteiger partial charge in [-0.3, -0.25) is 4.79 Å². The van der Waals surface area contributed by atoms with Crippen LogP contribution in [0.4, 0.5) is 0 Å². The first-order valence-corrected chi connectivity index (χ1v) is 7.44. The minimum atomic E-state index is -0.0810. The fourth-order valence-electron chi connectivity index (χ4n) is 1.60. The summed E-state index contributed by atoms with van der Waals surface area (Å²) in [6.45, 7) is -0.00738. The molecule has 0 N–H and O–H groups in total. The first-order chi connectivity index (χ1) is 9.60. The SMILES string of the molecule is COc1ccc(C(=O)COc2ccc(Br)cc2Br)cc1. The zero-order chi connectivity index (χ0) is 14.5. The number of hydrogen-bond acceptors (Lipinski definition) is 3. The van der Waals surface area contributed by atoms with Gasteiger partial charge in [0.25, 0.3) is 0 Å². The highest BCUT2D eigenvalue weighted by molar-refractivity contribution is 9.11. The van der Waals surface area contributed by atoms with Crippen LogP contribution < -0.4 is 9.47 Å². The topological polar surface area (TPSA) is 35.5 Å². The van der Waals surface area contributed by atoms with Crippen LogP contribution in [0, 0.1) is 0 Å². The molecule has 0 radical (unpaired) electrons. The van der Waals surface area contributed by atoms with Crippen LogP contribution in [0.15, 0.2) is 51.4 Å². The molecule has 0 aromatic heterocycles. The van der Waals surface area contributed by atoms with Gasteiger partial charge in [-0.1, -0.05) is 15.9 Å². The molecule has 2 rings (SSSR count). The number of benzene rings is 2. The summed E-state index contributed by atoms with van der Waals surface area (Å²) in [6, 6.07) is 12.5. The van der Waals surface area contributed by atoms with E-state index in [2.05, 4.69) is 31.9 Å². The summed E-state index contributed by atoms with van der Waals surface area (Å²) in [5.41, 5.74) is 0.596. The summed E-state index contributed by atoms with van der Waals surface area (Å²) in [6.07, 6.45) is 0. The maximum atomic E-state index is 12.0. The number of Topliss-reactive ketones (excluding diaryl/α,β-unsaturated/α-hetero) is 1. The number of ether oxygens (including phenoxy) is 2. The van der Waals surface area contributed by atoms with Crippen molar-refractivity contribution in [2.24, 2.45) is 0 Å². The van der Waals surface area contributed by atoms with Gasteiger partial charge in [-0.25, -0.2) is 0 Å². The van der Waals surface area contributed by atoms with Gasteiger partial charge in [0.2, 0.25) is 0 Å². The van der Waals surface area contributed by atoms with Crippen molar-refractivity contribution >= 4 is 37.6 Å². The van der Waals surface area contributed by atoms with Crippen molar-refractivity contribution in [1.29, 1.82) is 0 Å². The van der Waals surface area contributed by atoms with E-state index in [-0.39, 0.29) is 12.4 Å². The lowest BCUT2D eigenvalue weighted by Crippen LogP contribution is -2.11. The van der Waals surface area contributed by atoms with Crippen molar-refractivity contribution in [1.82, 2.24) is 0 Å². The summed E-state index contributed by atoms with van der Waals surface area (Å²) in [5.74, 6) is 1.27. The molecule has 0 saturated heterocycles. The smallest absolute Gasteiger partial charge is 0.200 e. The normalized spacial score (nSPS) is 10.2. The van der Waals surface area contributed by atoms with Crippen LogP contribution in [-0.2, 0) is 0 Å². The molecule has 0 bridgehead atoms. The van der Waals surface area contributed by atoms with Crippen molar-refractivity contribution < 1.29 is 14.3 Å². The van der Waals surface area contributed by atoms with Gasteiger partial charge in [0.05, 0.1) is 11.6 Å². The molecule has 5 heteroatoms. The number of methoxy groups -OCH3 is 1. The number of carbonyl (C=O) groups is 1. The predicted octanol–water partition coefficient (Wildman–Crippen LogP) is 4.48. The van der Waals surface area contributed by atoms with Gasteiger partial charge in [0, 0.05) is 10.0 Å². The quantitative estimate of drug-likeness (QED) is 0.695. The van der Waals surface area contributed by atoms with Crippen LogP contribution in [0.1, 0.15) is 10.4 Å². The molecule has 2 aromatic carbocycles. The average Bonchev–Trinajstić information content (AvgIpc) is 2.46. The largest absolute Gasteiger partial charge is 0.497 e. The van der Waals surface area contributed by atoms with Gasteiger partial charge >= 0.3 is 0 Å². The Kier molecular flexibility index (Phi) is 5.20. The molecule has 0 aliphatic rings. The second kappa shape index (κ2) is 6.90. The average molecular weight is 400 g/mol. The Bertz CT molecular complexity index is 609. The molecule has 0 atom stereocenters. The molecule has 0 spiro atoms. The molecule has 104 valence electrons. The standard InChI is InChI=1S/C15H12Br2O3/c1-19-12-5-2-10(3-6-12)14(18)9-20-15-7-4-11(16)8-13(15)17/h2-8H,9H2,1H3. The van der Waals surface area contributed by atoms with E-state index in [9.17, 15) is 4.79 Å². The van der Waals surface area contributed by atoms with Crippen molar-refractivity contribution in [2.45, 2.75) is 0 Å². The van der Waals surface area contributed by atoms with E-state index in [0.717, 1.165) is 14.7 Å². The fraction of sp³-hybridized carbons (Fsp3) is 0.133. The molecular formula is C15H12Br2O3. The summed E-state index contributed by atoms with van der Waals surface area (Å²) < 4.78 is 12.3. The lowest BCUT2D eigenvalue weighted by atomic mass is 10.1. The maximum Gasteiger partial charge on any atom is 0.200 e. The molecule has 3 nitrogen and oxygen atoms in total. The zero-order valence-electron chi connectivity index (χ0n) is 10.7. The summed E-state index contributed by atoms with van der Waals surface area (Å²) in [4.78, 5) is 12.0. The summed E-state index contributed by atoms with van der Waals surface area (Å²) >= 11 is 6.75. The molecule has 0 saturated carbocycles. The highest BCUT2D eigenvalue weighted by Crippen LogP contribution is 2.28. The maximum absolute atomic E-state index is 12.0. The second-order valence-electron chi connectivity index (χ2n) is 4.02. The Morgan fingerprint density at radius 3 is 2.40 bits per heavy atom. The van der Waals surface area contributed by atoms with Crippen molar-refractivity contribution in [3.05, 3.63) is 57.0 Å². The van der Waals surface area contributed by atoms with Crippen molar-refractivity contribution in [3.63, 3.8) is 0 Å². The van der Waals surface area contributed by atoms with E-state index in [1.54, 1.807) is 37.4 Å². The van der Waals surface area contributed by atoms with Crippen LogP contribution in [-0.4, -0.2) is 19.5 Å². The third kappa shape index (κ3) is 3.84. The summed E-state index contributed by atoms with van der Waals surface area (Å²) in [7, 11) is 1.59. The van der Waals surface area contributed by atoms with E-state index < -0.39 is 0 Å². The third-order valence-electron chi connectivity index (χ3n) is 2.66. The first-order valence-electron chi connectivity index (χ1n) is 5.85. The first kappa shape index (κ1) is 15.1. The number of carbonyl (C=O) groups excluding carboxylic acids is 1. The van der Waals surface area contributed by atoms with Crippen LogP contribution in [0.3, 0.4) is 0 Å². The number of ketones is 1. The van der Waals surface area contributed by atoms with Crippen LogP contribution in [0.5, 0.6) is 11.5 Å². The van der Waals surface area contributed by atoms with Crippen molar-refractivity contribution in [3.8, 4) is 11.5 Å². The number of rotatable bonds is 5. The van der Waals surface area contributed by atoms with Gasteiger partial charge in [0.1, 0.15) is 11.5 Å². The van der Waals surface area contributed by atoms with Gasteiger partial charge < -0.3 is 9.47 Å². The van der Waals surface area contributed by atoms with E-state index in [4.69, 9.17) is 9.47 Å². The molecule has 0 aliphatic carbocycles. The fourth-order valence-corrected chi connectivity index (χ4v) is 2.76. The van der Waals surface area contributed by atoms with Gasteiger partial charge in [-0.15, -0.1) is 0 Å². The monoisotopic (exact) mass is 398 g/mol. The van der Waals surface area contributed by atoms with E-state index in [1.807, 2.05) is 12.1 Å². The highest BCUT2D eigenvalue weighted by atomic mass is 79.9.